The number of ether oxygens (including phenoxy) is 2. The van der Waals surface area contributed by atoms with Gasteiger partial charge in [0.05, 0.1) is 63.5 Å². The van der Waals surface area contributed by atoms with Crippen LogP contribution in [0.5, 0.6) is 5.75 Å². The zero-order valence-corrected chi connectivity index (χ0v) is 32.6. The number of hydrogen-bond donors (Lipinski definition) is 2. The summed E-state index contributed by atoms with van der Waals surface area (Å²) in [6.45, 7) is 14.7. The summed E-state index contributed by atoms with van der Waals surface area (Å²) in [5.41, 5.74) is 6.13. The Morgan fingerprint density at radius 3 is 2.62 bits per heavy atom. The third kappa shape index (κ3) is 8.20. The van der Waals surface area contributed by atoms with E-state index < -0.39 is 23.1 Å². The Bertz CT molecular complexity index is 1900. The van der Waals surface area contributed by atoms with Gasteiger partial charge in [0.2, 0.25) is 11.8 Å². The van der Waals surface area contributed by atoms with Gasteiger partial charge in [0.15, 0.2) is 0 Å². The van der Waals surface area contributed by atoms with E-state index >= 15 is 0 Å². The SMILES string of the molecule is Cc1ncsc1-c1ccc([C@H](C)NC(=O)[C@@H]2C[C@@H](OC(C)(C)C)CN2C(=O)[C@H]2n3nnc(CCCc4cccc(O)c4Cl)c3COCC2(C)C)cc1. The number of fused-ring (bicyclic) bond motifs is 1. The molecule has 11 nitrogen and oxygen atoms in total. The highest BCUT2D eigenvalue weighted by Crippen LogP contribution is 2.39. The summed E-state index contributed by atoms with van der Waals surface area (Å²) in [6, 6.07) is 11.6. The summed E-state index contributed by atoms with van der Waals surface area (Å²) >= 11 is 7.93. The molecule has 0 radical (unpaired) electrons. The van der Waals surface area contributed by atoms with Gasteiger partial charge in [0, 0.05) is 18.4 Å². The Morgan fingerprint density at radius 2 is 1.92 bits per heavy atom. The molecule has 2 aliphatic rings. The lowest BCUT2D eigenvalue weighted by Crippen LogP contribution is -2.51. The van der Waals surface area contributed by atoms with E-state index in [2.05, 4.69) is 32.7 Å². The number of nitrogens with zero attached hydrogens (tertiary/aromatic N) is 5. The Labute approximate surface area is 314 Å². The minimum atomic E-state index is -0.754. The maximum Gasteiger partial charge on any atom is 0.248 e. The second-order valence-corrected chi connectivity index (χ2v) is 16.9. The van der Waals surface area contributed by atoms with E-state index in [-0.39, 0.29) is 42.9 Å². The average molecular weight is 749 g/mol. The van der Waals surface area contributed by atoms with Gasteiger partial charge in [-0.15, -0.1) is 16.4 Å². The largest absolute Gasteiger partial charge is 0.506 e. The number of benzene rings is 2. The molecule has 13 heteroatoms. The number of amides is 2. The summed E-state index contributed by atoms with van der Waals surface area (Å²) in [5.74, 6) is -0.378. The van der Waals surface area contributed by atoms with Crippen molar-refractivity contribution in [2.24, 2.45) is 5.41 Å². The zero-order chi connectivity index (χ0) is 37.4. The van der Waals surface area contributed by atoms with E-state index in [4.69, 9.17) is 21.1 Å². The van der Waals surface area contributed by atoms with Crippen LogP contribution in [-0.2, 0) is 38.5 Å². The highest BCUT2D eigenvalue weighted by atomic mass is 35.5. The minimum absolute atomic E-state index is 0.0590. The Morgan fingerprint density at radius 1 is 1.17 bits per heavy atom. The van der Waals surface area contributed by atoms with Crippen LogP contribution in [0.4, 0.5) is 0 Å². The van der Waals surface area contributed by atoms with Crippen molar-refractivity contribution in [1.29, 1.82) is 0 Å². The molecule has 6 rings (SSSR count). The van der Waals surface area contributed by atoms with Gasteiger partial charge in [-0.2, -0.15) is 0 Å². The molecular weight excluding hydrogens is 700 g/mol. The highest BCUT2D eigenvalue weighted by Gasteiger charge is 2.49. The number of aromatic hydroxyl groups is 1. The van der Waals surface area contributed by atoms with Crippen LogP contribution in [0, 0.1) is 12.3 Å². The summed E-state index contributed by atoms with van der Waals surface area (Å²) in [6.07, 6.45) is 2.00. The number of aromatic nitrogens is 4. The van der Waals surface area contributed by atoms with Crippen molar-refractivity contribution in [1.82, 2.24) is 30.2 Å². The third-order valence-corrected chi connectivity index (χ3v) is 11.3. The van der Waals surface area contributed by atoms with Crippen LogP contribution >= 0.6 is 22.9 Å². The molecule has 0 bridgehead atoms. The number of carbonyl (C=O) groups excluding carboxylic acids is 2. The van der Waals surface area contributed by atoms with E-state index in [1.807, 2.05) is 72.2 Å². The van der Waals surface area contributed by atoms with Crippen molar-refractivity contribution < 1.29 is 24.2 Å². The highest BCUT2D eigenvalue weighted by molar-refractivity contribution is 7.13. The van der Waals surface area contributed by atoms with Crippen LogP contribution < -0.4 is 5.32 Å². The summed E-state index contributed by atoms with van der Waals surface area (Å²) < 4.78 is 14.2. The molecule has 0 unspecified atom stereocenters. The van der Waals surface area contributed by atoms with E-state index in [9.17, 15) is 14.7 Å². The number of carbonyl (C=O) groups is 2. The number of phenolic OH excluding ortho intramolecular Hbond substituents is 1. The molecule has 2 amide bonds. The molecule has 4 aromatic rings. The Balaban J connectivity index is 1.22. The topological polar surface area (TPSA) is 132 Å². The quantitative estimate of drug-likeness (QED) is 0.177. The monoisotopic (exact) mass is 748 g/mol. The molecule has 278 valence electrons. The van der Waals surface area contributed by atoms with Crippen LogP contribution in [0.3, 0.4) is 0 Å². The number of phenols is 1. The Hall–Kier alpha value is -3.84. The fraction of sp³-hybridized carbons (Fsp3) is 0.513. The van der Waals surface area contributed by atoms with E-state index in [0.717, 1.165) is 38.6 Å². The minimum Gasteiger partial charge on any atom is -0.506 e. The summed E-state index contributed by atoms with van der Waals surface area (Å²) in [7, 11) is 0. The standard InChI is InChI=1S/C39H49ClN6O5S/c1-23(25-14-16-27(17-15-25)34-24(2)41-22-52-34)42-36(48)30-18-28(51-38(3,4)5)19-45(30)37(49)35-39(6,7)21-50-20-31-29(43-44-46(31)35)12-8-10-26-11-9-13-32(47)33(26)40/h9,11,13-17,22-23,28,30,35,47H,8,10,12,18-21H2,1-7H3,(H,42,48)/t23-,28+,30-,35+/m0/s1. The number of aryl methyl sites for hydroxylation is 3. The van der Waals surface area contributed by atoms with Crippen molar-refractivity contribution >= 4 is 34.8 Å². The lowest BCUT2D eigenvalue weighted by Gasteiger charge is -2.36. The number of rotatable bonds is 10. The van der Waals surface area contributed by atoms with Crippen molar-refractivity contribution in [2.75, 3.05) is 13.2 Å². The maximum atomic E-state index is 14.9. The first-order chi connectivity index (χ1) is 24.6. The molecule has 1 saturated heterocycles. The first kappa shape index (κ1) is 37.9. The van der Waals surface area contributed by atoms with Gasteiger partial charge in [-0.05, 0) is 76.6 Å². The van der Waals surface area contributed by atoms with Crippen molar-refractivity contribution in [2.45, 2.75) is 111 Å². The van der Waals surface area contributed by atoms with Gasteiger partial charge in [0.25, 0.3) is 0 Å². The smallest absolute Gasteiger partial charge is 0.248 e. The predicted molar refractivity (Wildman–Crippen MR) is 201 cm³/mol. The van der Waals surface area contributed by atoms with E-state index in [1.54, 1.807) is 33.1 Å². The second kappa shape index (κ2) is 15.3. The molecule has 2 N–H and O–H groups in total. The van der Waals surface area contributed by atoms with Gasteiger partial charge in [-0.3, -0.25) is 9.59 Å². The maximum absolute atomic E-state index is 14.9. The lowest BCUT2D eigenvalue weighted by molar-refractivity contribution is -0.145. The van der Waals surface area contributed by atoms with E-state index in [1.165, 1.54) is 0 Å². The van der Waals surface area contributed by atoms with Gasteiger partial charge >= 0.3 is 0 Å². The van der Waals surface area contributed by atoms with Crippen LogP contribution in [0.15, 0.2) is 48.0 Å². The molecule has 2 aromatic heterocycles. The fourth-order valence-electron chi connectivity index (χ4n) is 7.29. The number of thiazole rings is 1. The molecule has 1 fully saturated rings. The molecule has 0 saturated carbocycles. The third-order valence-electron chi connectivity index (χ3n) is 9.87. The van der Waals surface area contributed by atoms with Gasteiger partial charge < -0.3 is 24.8 Å². The van der Waals surface area contributed by atoms with Crippen LogP contribution in [0.25, 0.3) is 10.4 Å². The number of likely N-dealkylation sites (tertiary alicyclic amines) is 1. The number of hydrogen-bond acceptors (Lipinski definition) is 9. The first-order valence-corrected chi connectivity index (χ1v) is 19.1. The first-order valence-electron chi connectivity index (χ1n) is 17.9. The van der Waals surface area contributed by atoms with Gasteiger partial charge in [0.1, 0.15) is 17.8 Å². The van der Waals surface area contributed by atoms with Gasteiger partial charge in [-0.25, -0.2) is 9.67 Å². The molecule has 0 aliphatic carbocycles. The van der Waals surface area contributed by atoms with Crippen molar-refractivity contribution in [3.63, 3.8) is 0 Å². The van der Waals surface area contributed by atoms with Crippen molar-refractivity contribution in [3.05, 3.63) is 81.2 Å². The average Bonchev–Trinajstić information content (AvgIpc) is 3.79. The Kier molecular flexibility index (Phi) is 11.1. The molecule has 2 aliphatic heterocycles. The molecule has 0 spiro atoms. The number of halogens is 1. The lowest BCUT2D eigenvalue weighted by atomic mass is 9.84. The summed E-state index contributed by atoms with van der Waals surface area (Å²) in [5, 5.41) is 22.6. The molecular formula is C39H49ClN6O5S. The van der Waals surface area contributed by atoms with E-state index in [0.29, 0.717) is 37.3 Å². The zero-order valence-electron chi connectivity index (χ0n) is 31.0. The van der Waals surface area contributed by atoms with Gasteiger partial charge in [-0.1, -0.05) is 67.1 Å². The van der Waals surface area contributed by atoms with Crippen molar-refractivity contribution in [3.8, 4) is 16.2 Å². The predicted octanol–water partition coefficient (Wildman–Crippen LogP) is 7.00. The number of nitrogens with one attached hydrogen (secondary N) is 1. The molecule has 2 aromatic carbocycles. The van der Waals surface area contributed by atoms with Crippen LogP contribution in [0.1, 0.15) is 94.7 Å². The summed E-state index contributed by atoms with van der Waals surface area (Å²) in [4.78, 5) is 36.2. The fourth-order valence-corrected chi connectivity index (χ4v) is 8.32. The molecule has 4 atom stereocenters. The normalized spacial score (nSPS) is 20.7. The molecule has 52 heavy (non-hydrogen) atoms. The molecule has 4 heterocycles. The van der Waals surface area contributed by atoms with Crippen LogP contribution in [-0.4, -0.2) is 72.7 Å². The van der Waals surface area contributed by atoms with Crippen LogP contribution in [0.2, 0.25) is 5.02 Å². The second-order valence-electron chi connectivity index (χ2n) is 15.6.